The number of hydrogen-bond donors (Lipinski definition) is 0. The van der Waals surface area contributed by atoms with Crippen LogP contribution in [0.3, 0.4) is 0 Å². The Labute approximate surface area is 125 Å². The number of unbranched alkanes of at least 4 members (excludes halogenated alkanes) is 1. The maximum atomic E-state index is 11.2. The standard InChI is InChI=1S/C16H22O5/c1-3-19-14-8-9-15(13(11-14)12-17)21-10-6-5-7-16(18)20-4-2/h8-9,11-12H,3-7,10H2,1-2H3. The van der Waals surface area contributed by atoms with Gasteiger partial charge in [0.1, 0.15) is 11.5 Å². The first-order chi connectivity index (χ1) is 10.2. The Morgan fingerprint density at radius 2 is 1.95 bits per heavy atom. The van der Waals surface area contributed by atoms with E-state index in [1.54, 1.807) is 25.1 Å². The summed E-state index contributed by atoms with van der Waals surface area (Å²) in [5.74, 6) is 0.992. The number of benzene rings is 1. The van der Waals surface area contributed by atoms with Crippen LogP contribution in [0.15, 0.2) is 18.2 Å². The van der Waals surface area contributed by atoms with E-state index in [1.165, 1.54) is 0 Å². The summed E-state index contributed by atoms with van der Waals surface area (Å²) in [4.78, 5) is 22.2. The largest absolute Gasteiger partial charge is 0.494 e. The van der Waals surface area contributed by atoms with Crippen molar-refractivity contribution in [2.24, 2.45) is 0 Å². The number of hydrogen-bond acceptors (Lipinski definition) is 5. The molecule has 21 heavy (non-hydrogen) atoms. The minimum atomic E-state index is -0.188. The van der Waals surface area contributed by atoms with Gasteiger partial charge in [-0.1, -0.05) is 0 Å². The predicted molar refractivity (Wildman–Crippen MR) is 79.0 cm³/mol. The fourth-order valence-electron chi connectivity index (χ4n) is 1.79. The average Bonchev–Trinajstić information content (AvgIpc) is 2.48. The Kier molecular flexibility index (Phi) is 7.94. The molecule has 0 N–H and O–H groups in total. The first-order valence-electron chi connectivity index (χ1n) is 7.21. The van der Waals surface area contributed by atoms with Crippen LogP contribution in [-0.2, 0) is 9.53 Å². The number of ether oxygens (including phenoxy) is 3. The number of esters is 1. The van der Waals surface area contributed by atoms with Gasteiger partial charge in [0.05, 0.1) is 25.4 Å². The van der Waals surface area contributed by atoms with E-state index in [9.17, 15) is 9.59 Å². The van der Waals surface area contributed by atoms with E-state index in [4.69, 9.17) is 14.2 Å². The average molecular weight is 294 g/mol. The molecule has 0 heterocycles. The SMILES string of the molecule is CCOC(=O)CCCCOc1ccc(OCC)cc1C=O. The fourth-order valence-corrected chi connectivity index (χ4v) is 1.79. The lowest BCUT2D eigenvalue weighted by Gasteiger charge is -2.10. The molecule has 5 nitrogen and oxygen atoms in total. The summed E-state index contributed by atoms with van der Waals surface area (Å²) in [5.41, 5.74) is 0.464. The van der Waals surface area contributed by atoms with E-state index in [2.05, 4.69) is 0 Å². The van der Waals surface area contributed by atoms with Gasteiger partial charge in [-0.05, 0) is 44.9 Å². The predicted octanol–water partition coefficient (Wildman–Crippen LogP) is 3.01. The van der Waals surface area contributed by atoms with Gasteiger partial charge in [0.25, 0.3) is 0 Å². The molecule has 0 spiro atoms. The lowest BCUT2D eigenvalue weighted by Crippen LogP contribution is -2.05. The summed E-state index contributed by atoms with van der Waals surface area (Å²) in [6.07, 6.45) is 2.56. The Morgan fingerprint density at radius 3 is 2.62 bits per heavy atom. The monoisotopic (exact) mass is 294 g/mol. The minimum absolute atomic E-state index is 0.188. The van der Waals surface area contributed by atoms with E-state index >= 15 is 0 Å². The number of aldehydes is 1. The summed E-state index contributed by atoms with van der Waals surface area (Å²) < 4.78 is 15.7. The van der Waals surface area contributed by atoms with Crippen LogP contribution >= 0.6 is 0 Å². The van der Waals surface area contributed by atoms with E-state index < -0.39 is 0 Å². The van der Waals surface area contributed by atoms with Gasteiger partial charge in [-0.15, -0.1) is 0 Å². The highest BCUT2D eigenvalue weighted by Crippen LogP contribution is 2.23. The van der Waals surface area contributed by atoms with Crippen LogP contribution in [0.5, 0.6) is 11.5 Å². The zero-order valence-electron chi connectivity index (χ0n) is 12.6. The van der Waals surface area contributed by atoms with Crippen molar-refractivity contribution in [3.63, 3.8) is 0 Å². The van der Waals surface area contributed by atoms with Gasteiger partial charge in [0.2, 0.25) is 0 Å². The molecule has 0 saturated heterocycles. The Morgan fingerprint density at radius 1 is 1.14 bits per heavy atom. The molecule has 0 atom stereocenters. The van der Waals surface area contributed by atoms with E-state index in [-0.39, 0.29) is 5.97 Å². The minimum Gasteiger partial charge on any atom is -0.494 e. The molecule has 0 fully saturated rings. The summed E-state index contributed by atoms with van der Waals surface area (Å²) in [5, 5.41) is 0. The highest BCUT2D eigenvalue weighted by Gasteiger charge is 2.06. The molecule has 0 saturated carbocycles. The van der Waals surface area contributed by atoms with Crippen molar-refractivity contribution < 1.29 is 23.8 Å². The quantitative estimate of drug-likeness (QED) is 0.377. The van der Waals surface area contributed by atoms with Crippen LogP contribution < -0.4 is 9.47 Å². The number of carbonyl (C=O) groups excluding carboxylic acids is 2. The lowest BCUT2D eigenvalue weighted by molar-refractivity contribution is -0.143. The molecule has 0 aliphatic rings. The maximum absolute atomic E-state index is 11.2. The third kappa shape index (κ3) is 6.29. The molecule has 0 radical (unpaired) electrons. The van der Waals surface area contributed by atoms with Crippen LogP contribution in [0.1, 0.15) is 43.5 Å². The van der Waals surface area contributed by atoms with Gasteiger partial charge in [0.15, 0.2) is 6.29 Å². The zero-order chi connectivity index (χ0) is 15.5. The number of rotatable bonds is 10. The second-order valence-electron chi connectivity index (χ2n) is 4.36. The molecule has 0 aromatic heterocycles. The van der Waals surface area contributed by atoms with Gasteiger partial charge in [-0.25, -0.2) is 0 Å². The van der Waals surface area contributed by atoms with Gasteiger partial charge in [-0.2, -0.15) is 0 Å². The molecule has 116 valence electrons. The summed E-state index contributed by atoms with van der Waals surface area (Å²) >= 11 is 0. The first-order valence-corrected chi connectivity index (χ1v) is 7.21. The third-order valence-corrected chi connectivity index (χ3v) is 2.76. The third-order valence-electron chi connectivity index (χ3n) is 2.76. The van der Waals surface area contributed by atoms with Crippen molar-refractivity contribution >= 4 is 12.3 Å². The Bertz CT molecular complexity index is 456. The zero-order valence-corrected chi connectivity index (χ0v) is 12.6. The molecule has 0 amide bonds. The van der Waals surface area contributed by atoms with E-state index in [1.807, 2.05) is 6.92 Å². The molecular formula is C16H22O5. The molecule has 1 rings (SSSR count). The summed E-state index contributed by atoms with van der Waals surface area (Å²) in [6, 6.07) is 5.15. The maximum Gasteiger partial charge on any atom is 0.305 e. The smallest absolute Gasteiger partial charge is 0.305 e. The topological polar surface area (TPSA) is 61.8 Å². The van der Waals surface area contributed by atoms with Crippen LogP contribution in [0.4, 0.5) is 0 Å². The highest BCUT2D eigenvalue weighted by molar-refractivity contribution is 5.80. The van der Waals surface area contributed by atoms with E-state index in [0.717, 1.165) is 12.7 Å². The lowest BCUT2D eigenvalue weighted by atomic mass is 10.2. The molecule has 0 bridgehead atoms. The molecule has 5 heteroatoms. The summed E-state index contributed by atoms with van der Waals surface area (Å²) in [6.45, 7) is 5.08. The van der Waals surface area contributed by atoms with Crippen LogP contribution in [0, 0.1) is 0 Å². The molecular weight excluding hydrogens is 272 g/mol. The summed E-state index contributed by atoms with van der Waals surface area (Å²) in [7, 11) is 0. The van der Waals surface area contributed by atoms with Crippen molar-refractivity contribution in [1.82, 2.24) is 0 Å². The molecule has 1 aromatic carbocycles. The molecule has 0 unspecified atom stereocenters. The van der Waals surface area contributed by atoms with Crippen molar-refractivity contribution in [2.75, 3.05) is 19.8 Å². The van der Waals surface area contributed by atoms with Gasteiger partial charge in [-0.3, -0.25) is 9.59 Å². The van der Waals surface area contributed by atoms with Crippen LogP contribution in [0.2, 0.25) is 0 Å². The van der Waals surface area contributed by atoms with Crippen molar-refractivity contribution in [3.8, 4) is 11.5 Å². The Hall–Kier alpha value is -2.04. The van der Waals surface area contributed by atoms with Gasteiger partial charge in [0, 0.05) is 6.42 Å². The normalized spacial score (nSPS) is 10.0. The first kappa shape index (κ1) is 17.0. The van der Waals surface area contributed by atoms with Crippen molar-refractivity contribution in [3.05, 3.63) is 23.8 Å². The van der Waals surface area contributed by atoms with E-state index in [0.29, 0.717) is 49.7 Å². The Balaban J connectivity index is 2.37. The van der Waals surface area contributed by atoms with Crippen LogP contribution in [0.25, 0.3) is 0 Å². The molecule has 1 aromatic rings. The van der Waals surface area contributed by atoms with Crippen molar-refractivity contribution in [1.29, 1.82) is 0 Å². The second kappa shape index (κ2) is 9.80. The van der Waals surface area contributed by atoms with Gasteiger partial charge >= 0.3 is 5.97 Å². The fraction of sp³-hybridized carbons (Fsp3) is 0.500. The second-order valence-corrected chi connectivity index (χ2v) is 4.36. The molecule has 0 aliphatic carbocycles. The van der Waals surface area contributed by atoms with Gasteiger partial charge < -0.3 is 14.2 Å². The molecule has 0 aliphatic heterocycles. The highest BCUT2D eigenvalue weighted by atomic mass is 16.5. The number of carbonyl (C=O) groups is 2. The van der Waals surface area contributed by atoms with Crippen LogP contribution in [-0.4, -0.2) is 32.1 Å². The van der Waals surface area contributed by atoms with Crippen molar-refractivity contribution in [2.45, 2.75) is 33.1 Å².